The number of hydrogen-bond donors (Lipinski definition) is 3. The summed E-state index contributed by atoms with van der Waals surface area (Å²) in [5.74, 6) is 0.911. The number of carbonyl (C=O) groups excluding carboxylic acids is 1. The molecule has 30 heavy (non-hydrogen) atoms. The summed E-state index contributed by atoms with van der Waals surface area (Å²) in [4.78, 5) is 16.7. The Bertz CT molecular complexity index is 933. The minimum Gasteiger partial charge on any atom is -0.507 e. The first-order valence-electron chi connectivity index (χ1n) is 10.5. The van der Waals surface area contributed by atoms with Crippen molar-refractivity contribution in [3.63, 3.8) is 0 Å². The second-order valence-electron chi connectivity index (χ2n) is 7.99. The summed E-state index contributed by atoms with van der Waals surface area (Å²) in [6.07, 6.45) is 1.55. The van der Waals surface area contributed by atoms with E-state index in [0.29, 0.717) is 37.4 Å². The molecule has 0 spiro atoms. The number of anilines is 2. The summed E-state index contributed by atoms with van der Waals surface area (Å²) in [6, 6.07) is 9.21. The van der Waals surface area contributed by atoms with Gasteiger partial charge in [-0.1, -0.05) is 12.1 Å². The zero-order valence-electron chi connectivity index (χ0n) is 16.8. The lowest BCUT2D eigenvalue weighted by molar-refractivity contribution is 0.0449. The molecule has 9 heteroatoms. The Morgan fingerprint density at radius 2 is 2.00 bits per heavy atom. The topological polar surface area (TPSA) is 103 Å². The molecule has 0 radical (unpaired) electrons. The predicted octanol–water partition coefficient (Wildman–Crippen LogP) is 1.65. The van der Waals surface area contributed by atoms with Crippen LogP contribution in [-0.2, 0) is 4.74 Å². The fourth-order valence-corrected chi connectivity index (χ4v) is 4.41. The summed E-state index contributed by atoms with van der Waals surface area (Å²) in [5.41, 5.74) is 2.23. The molecule has 1 aromatic heterocycles. The number of aromatic nitrogens is 2. The van der Waals surface area contributed by atoms with E-state index >= 15 is 0 Å². The molecule has 0 bridgehead atoms. The van der Waals surface area contributed by atoms with Crippen LogP contribution in [0.3, 0.4) is 0 Å². The number of amides is 1. The number of rotatable bonds is 2. The number of para-hydroxylation sites is 1. The van der Waals surface area contributed by atoms with Crippen LogP contribution in [-0.4, -0.2) is 77.7 Å². The van der Waals surface area contributed by atoms with E-state index in [-0.39, 0.29) is 24.0 Å². The molecular weight excluding hydrogens is 384 g/mol. The first-order valence-corrected chi connectivity index (χ1v) is 10.5. The van der Waals surface area contributed by atoms with Gasteiger partial charge in [0.15, 0.2) is 5.82 Å². The van der Waals surface area contributed by atoms with Crippen LogP contribution >= 0.6 is 0 Å². The van der Waals surface area contributed by atoms with Crippen molar-refractivity contribution in [2.75, 3.05) is 49.5 Å². The maximum Gasteiger partial charge on any atom is 0.410 e. The molecule has 3 aliphatic heterocycles. The van der Waals surface area contributed by atoms with Gasteiger partial charge in [-0.05, 0) is 44.1 Å². The Kier molecular flexibility index (Phi) is 5.04. The Morgan fingerprint density at radius 3 is 2.83 bits per heavy atom. The number of piperazine rings is 1. The molecule has 158 valence electrons. The van der Waals surface area contributed by atoms with Crippen molar-refractivity contribution >= 4 is 17.6 Å². The van der Waals surface area contributed by atoms with E-state index in [1.54, 1.807) is 12.1 Å². The third kappa shape index (κ3) is 3.60. The maximum atomic E-state index is 12.7. The van der Waals surface area contributed by atoms with Crippen molar-refractivity contribution in [2.45, 2.75) is 25.0 Å². The Hall–Kier alpha value is -3.07. The monoisotopic (exact) mass is 410 g/mol. The molecule has 2 aromatic rings. The molecule has 1 amide bonds. The lowest BCUT2D eigenvalue weighted by atomic mass is 10.1. The highest BCUT2D eigenvalue weighted by Crippen LogP contribution is 2.36. The van der Waals surface area contributed by atoms with Crippen molar-refractivity contribution in [3.05, 3.63) is 30.3 Å². The highest BCUT2D eigenvalue weighted by Gasteiger charge is 2.35. The van der Waals surface area contributed by atoms with E-state index in [4.69, 9.17) is 4.74 Å². The van der Waals surface area contributed by atoms with E-state index in [9.17, 15) is 9.90 Å². The molecule has 4 heterocycles. The number of aromatic hydroxyl groups is 1. The van der Waals surface area contributed by atoms with Gasteiger partial charge in [-0.3, -0.25) is 0 Å². The van der Waals surface area contributed by atoms with Gasteiger partial charge in [0.25, 0.3) is 0 Å². The van der Waals surface area contributed by atoms with Gasteiger partial charge in [0, 0.05) is 31.7 Å². The van der Waals surface area contributed by atoms with E-state index in [1.807, 2.05) is 23.1 Å². The molecule has 0 saturated carbocycles. The van der Waals surface area contributed by atoms with Gasteiger partial charge in [-0.15, -0.1) is 10.2 Å². The number of ether oxygens (including phenoxy) is 1. The summed E-state index contributed by atoms with van der Waals surface area (Å²) in [7, 11) is 0. The molecule has 3 N–H and O–H groups in total. The minimum absolute atomic E-state index is 0.0124. The second kappa shape index (κ2) is 7.98. The zero-order chi connectivity index (χ0) is 20.5. The highest BCUT2D eigenvalue weighted by atomic mass is 16.6. The smallest absolute Gasteiger partial charge is 0.410 e. The number of nitrogens with zero attached hydrogens (tertiary/aromatic N) is 4. The van der Waals surface area contributed by atoms with Crippen molar-refractivity contribution in [2.24, 2.45) is 0 Å². The molecule has 1 unspecified atom stereocenters. The van der Waals surface area contributed by atoms with Gasteiger partial charge < -0.3 is 30.3 Å². The Morgan fingerprint density at radius 1 is 1.17 bits per heavy atom. The van der Waals surface area contributed by atoms with Crippen LogP contribution in [0.15, 0.2) is 30.3 Å². The predicted molar refractivity (Wildman–Crippen MR) is 113 cm³/mol. The molecular formula is C21H26N6O3. The number of piperidine rings is 1. The molecule has 3 aliphatic rings. The normalized spacial score (nSPS) is 21.4. The largest absolute Gasteiger partial charge is 0.507 e. The SMILES string of the molecule is O=C(OC1CCNCC1)N1CCN2c3cc(-c4ccccc4O)nnc3NCC2C1. The summed E-state index contributed by atoms with van der Waals surface area (Å²) in [6.45, 7) is 4.39. The second-order valence-corrected chi connectivity index (χ2v) is 7.99. The van der Waals surface area contributed by atoms with Crippen LogP contribution in [0.1, 0.15) is 12.8 Å². The van der Waals surface area contributed by atoms with Crippen LogP contribution in [0.2, 0.25) is 0 Å². The molecule has 5 rings (SSSR count). The van der Waals surface area contributed by atoms with E-state index in [2.05, 4.69) is 25.7 Å². The van der Waals surface area contributed by atoms with Gasteiger partial charge in [0.1, 0.15) is 11.9 Å². The number of phenolic OH excluding ortho intramolecular Hbond substituents is 1. The van der Waals surface area contributed by atoms with E-state index in [1.165, 1.54) is 0 Å². The van der Waals surface area contributed by atoms with E-state index < -0.39 is 0 Å². The Balaban J connectivity index is 1.31. The molecule has 2 saturated heterocycles. The number of phenols is 1. The summed E-state index contributed by atoms with van der Waals surface area (Å²) < 4.78 is 5.73. The molecule has 1 atom stereocenters. The Labute approximate surface area is 175 Å². The van der Waals surface area contributed by atoms with Crippen molar-refractivity contribution in [1.82, 2.24) is 20.4 Å². The highest BCUT2D eigenvalue weighted by molar-refractivity contribution is 5.77. The van der Waals surface area contributed by atoms with Crippen LogP contribution in [0.5, 0.6) is 5.75 Å². The number of fused-ring (bicyclic) bond motifs is 3. The number of carbonyl (C=O) groups is 1. The average Bonchev–Trinajstić information content (AvgIpc) is 2.79. The average molecular weight is 410 g/mol. The molecule has 1 aromatic carbocycles. The van der Waals surface area contributed by atoms with Crippen LogP contribution < -0.4 is 15.5 Å². The van der Waals surface area contributed by atoms with Gasteiger partial charge in [0.2, 0.25) is 0 Å². The number of nitrogens with one attached hydrogen (secondary N) is 2. The van der Waals surface area contributed by atoms with Crippen molar-refractivity contribution < 1.29 is 14.6 Å². The fraction of sp³-hybridized carbons (Fsp3) is 0.476. The molecule has 0 aliphatic carbocycles. The van der Waals surface area contributed by atoms with Crippen molar-refractivity contribution in [1.29, 1.82) is 0 Å². The summed E-state index contributed by atoms with van der Waals surface area (Å²) in [5, 5.41) is 25.4. The first-order chi connectivity index (χ1) is 14.7. The molecule has 2 fully saturated rings. The third-order valence-electron chi connectivity index (χ3n) is 6.06. The van der Waals surface area contributed by atoms with Crippen LogP contribution in [0.4, 0.5) is 16.3 Å². The lowest BCUT2D eigenvalue weighted by Gasteiger charge is -2.45. The van der Waals surface area contributed by atoms with Crippen LogP contribution in [0, 0.1) is 0 Å². The standard InChI is InChI=1S/C21H26N6O3/c28-19-4-2-1-3-16(19)17-11-18-20(25-24-17)23-12-14-13-26(9-10-27(14)18)21(29)30-15-5-7-22-8-6-15/h1-4,11,14-15,22,28H,5-10,12-13H2,(H,23,25). The minimum atomic E-state index is -0.213. The molecule has 9 nitrogen and oxygen atoms in total. The lowest BCUT2D eigenvalue weighted by Crippen LogP contribution is -2.59. The zero-order valence-corrected chi connectivity index (χ0v) is 16.8. The maximum absolute atomic E-state index is 12.7. The van der Waals surface area contributed by atoms with Gasteiger partial charge in [0.05, 0.1) is 17.4 Å². The van der Waals surface area contributed by atoms with Gasteiger partial charge in [-0.25, -0.2) is 4.79 Å². The van der Waals surface area contributed by atoms with Crippen molar-refractivity contribution in [3.8, 4) is 17.0 Å². The number of benzene rings is 1. The van der Waals surface area contributed by atoms with Gasteiger partial charge >= 0.3 is 6.09 Å². The number of hydrogen-bond acceptors (Lipinski definition) is 8. The summed E-state index contributed by atoms with van der Waals surface area (Å²) >= 11 is 0. The third-order valence-corrected chi connectivity index (χ3v) is 6.06. The van der Waals surface area contributed by atoms with E-state index in [0.717, 1.165) is 37.4 Å². The fourth-order valence-electron chi connectivity index (χ4n) is 4.41. The van der Waals surface area contributed by atoms with Gasteiger partial charge in [-0.2, -0.15) is 0 Å². The quantitative estimate of drug-likeness (QED) is 0.687. The van der Waals surface area contributed by atoms with Crippen LogP contribution in [0.25, 0.3) is 11.3 Å². The first kappa shape index (κ1) is 18.9.